The number of rotatable bonds is 3. The Kier molecular flexibility index (Phi) is 5.12. The molecule has 0 spiro atoms. The number of ether oxygens (including phenoxy) is 2. The highest BCUT2D eigenvalue weighted by atomic mass is 127. The van der Waals surface area contributed by atoms with Gasteiger partial charge < -0.3 is 9.47 Å². The monoisotopic (exact) mass is 422 g/mol. The average molecular weight is 423 g/mol. The van der Waals surface area contributed by atoms with Gasteiger partial charge in [-0.3, -0.25) is 0 Å². The van der Waals surface area contributed by atoms with Crippen molar-refractivity contribution in [2.75, 3.05) is 7.11 Å². The van der Waals surface area contributed by atoms with Crippen LogP contribution in [0.1, 0.15) is 10.4 Å². The summed E-state index contributed by atoms with van der Waals surface area (Å²) < 4.78 is 11.2. The summed E-state index contributed by atoms with van der Waals surface area (Å²) in [5.74, 6) is 0.480. The van der Waals surface area contributed by atoms with E-state index in [0.29, 0.717) is 16.3 Å². The van der Waals surface area contributed by atoms with E-state index in [0.717, 1.165) is 3.57 Å². The lowest BCUT2D eigenvalue weighted by atomic mass is 10.2. The fourth-order valence-corrected chi connectivity index (χ4v) is 2.69. The SMILES string of the molecule is COc1ccc(C(=O)Oc2ccc(Cl)cc2Cl)cc1I. The minimum Gasteiger partial charge on any atom is -0.496 e. The molecule has 0 unspecified atom stereocenters. The van der Waals surface area contributed by atoms with E-state index in [1.165, 1.54) is 6.07 Å². The van der Waals surface area contributed by atoms with Gasteiger partial charge in [0.25, 0.3) is 0 Å². The molecule has 0 bridgehead atoms. The lowest BCUT2D eigenvalue weighted by Crippen LogP contribution is -2.09. The van der Waals surface area contributed by atoms with Crippen molar-refractivity contribution in [2.24, 2.45) is 0 Å². The molecule has 3 nitrogen and oxygen atoms in total. The molecule has 0 aliphatic rings. The Labute approximate surface area is 139 Å². The van der Waals surface area contributed by atoms with Gasteiger partial charge in [-0.15, -0.1) is 0 Å². The van der Waals surface area contributed by atoms with E-state index in [2.05, 4.69) is 22.6 Å². The van der Waals surface area contributed by atoms with Gasteiger partial charge in [-0.05, 0) is 59.0 Å². The molecular weight excluding hydrogens is 414 g/mol. The van der Waals surface area contributed by atoms with E-state index >= 15 is 0 Å². The number of esters is 1. The van der Waals surface area contributed by atoms with Gasteiger partial charge >= 0.3 is 5.97 Å². The molecule has 6 heteroatoms. The molecular formula is C14H9Cl2IO3. The zero-order valence-electron chi connectivity index (χ0n) is 10.3. The van der Waals surface area contributed by atoms with Crippen LogP contribution in [-0.2, 0) is 0 Å². The minimum absolute atomic E-state index is 0.270. The van der Waals surface area contributed by atoms with Crippen LogP contribution in [0.5, 0.6) is 11.5 Å². The molecule has 0 radical (unpaired) electrons. The van der Waals surface area contributed by atoms with Crippen LogP contribution in [0.4, 0.5) is 0 Å². The third kappa shape index (κ3) is 3.56. The molecule has 0 amide bonds. The molecule has 0 saturated heterocycles. The largest absolute Gasteiger partial charge is 0.496 e. The third-order valence-corrected chi connectivity index (χ3v) is 3.86. The number of carbonyl (C=O) groups is 1. The van der Waals surface area contributed by atoms with Crippen LogP contribution in [0.3, 0.4) is 0 Å². The van der Waals surface area contributed by atoms with E-state index in [4.69, 9.17) is 32.7 Å². The molecule has 20 heavy (non-hydrogen) atoms. The Balaban J connectivity index is 2.21. The maximum absolute atomic E-state index is 12.0. The number of hydrogen-bond acceptors (Lipinski definition) is 3. The van der Waals surface area contributed by atoms with Crippen molar-refractivity contribution >= 4 is 51.8 Å². The normalized spacial score (nSPS) is 10.2. The van der Waals surface area contributed by atoms with E-state index in [-0.39, 0.29) is 10.8 Å². The van der Waals surface area contributed by atoms with E-state index < -0.39 is 5.97 Å². The number of carbonyl (C=O) groups excluding carboxylic acids is 1. The molecule has 2 rings (SSSR count). The first-order chi connectivity index (χ1) is 9.51. The molecule has 0 atom stereocenters. The zero-order valence-corrected chi connectivity index (χ0v) is 14.0. The van der Waals surface area contributed by atoms with Crippen molar-refractivity contribution in [3.05, 3.63) is 55.6 Å². The van der Waals surface area contributed by atoms with Crippen molar-refractivity contribution < 1.29 is 14.3 Å². The van der Waals surface area contributed by atoms with Crippen molar-refractivity contribution in [3.8, 4) is 11.5 Å². The molecule has 0 aliphatic carbocycles. The predicted octanol–water partition coefficient (Wildman–Crippen LogP) is 4.83. The van der Waals surface area contributed by atoms with Gasteiger partial charge in [-0.25, -0.2) is 4.79 Å². The molecule has 2 aromatic carbocycles. The van der Waals surface area contributed by atoms with Crippen LogP contribution in [-0.4, -0.2) is 13.1 Å². The van der Waals surface area contributed by atoms with E-state index in [1.807, 2.05) is 0 Å². The maximum atomic E-state index is 12.0. The molecule has 0 saturated carbocycles. The third-order valence-electron chi connectivity index (χ3n) is 2.48. The van der Waals surface area contributed by atoms with E-state index in [1.54, 1.807) is 37.4 Å². The molecule has 0 fully saturated rings. The Morgan fingerprint density at radius 3 is 2.40 bits per heavy atom. The summed E-state index contributed by atoms with van der Waals surface area (Å²) in [4.78, 5) is 12.0. The topological polar surface area (TPSA) is 35.5 Å². The van der Waals surface area contributed by atoms with Gasteiger partial charge in [-0.2, -0.15) is 0 Å². The van der Waals surface area contributed by atoms with Crippen LogP contribution in [0, 0.1) is 3.57 Å². The molecule has 0 aliphatic heterocycles. The lowest BCUT2D eigenvalue weighted by Gasteiger charge is -2.08. The number of hydrogen-bond donors (Lipinski definition) is 0. The van der Waals surface area contributed by atoms with Gasteiger partial charge in [0.1, 0.15) is 11.5 Å². The first-order valence-electron chi connectivity index (χ1n) is 5.52. The van der Waals surface area contributed by atoms with Crippen molar-refractivity contribution in [2.45, 2.75) is 0 Å². The average Bonchev–Trinajstić information content (AvgIpc) is 2.41. The Hall–Kier alpha value is -0.980. The smallest absolute Gasteiger partial charge is 0.343 e. The molecule has 0 aromatic heterocycles. The van der Waals surface area contributed by atoms with Crippen LogP contribution >= 0.6 is 45.8 Å². The Bertz CT molecular complexity index is 659. The summed E-state index contributed by atoms with van der Waals surface area (Å²) in [6, 6.07) is 9.70. The first-order valence-corrected chi connectivity index (χ1v) is 7.35. The summed E-state index contributed by atoms with van der Waals surface area (Å²) in [5.41, 5.74) is 0.418. The van der Waals surface area contributed by atoms with Crippen molar-refractivity contribution in [3.63, 3.8) is 0 Å². The second-order valence-electron chi connectivity index (χ2n) is 3.81. The molecule has 2 aromatic rings. The van der Waals surface area contributed by atoms with Gasteiger partial charge in [0.15, 0.2) is 0 Å². The predicted molar refractivity (Wildman–Crippen MR) is 87.1 cm³/mol. The summed E-state index contributed by atoms with van der Waals surface area (Å²) in [6.07, 6.45) is 0. The summed E-state index contributed by atoms with van der Waals surface area (Å²) in [6.45, 7) is 0. The number of benzene rings is 2. The Morgan fingerprint density at radius 2 is 1.80 bits per heavy atom. The summed E-state index contributed by atoms with van der Waals surface area (Å²) >= 11 is 13.8. The Morgan fingerprint density at radius 1 is 1.10 bits per heavy atom. The quantitative estimate of drug-likeness (QED) is 0.404. The zero-order chi connectivity index (χ0) is 14.7. The van der Waals surface area contributed by atoms with Crippen molar-refractivity contribution in [1.82, 2.24) is 0 Å². The highest BCUT2D eigenvalue weighted by Gasteiger charge is 2.13. The lowest BCUT2D eigenvalue weighted by molar-refractivity contribution is 0.0734. The van der Waals surface area contributed by atoms with Gasteiger partial charge in [0, 0.05) is 5.02 Å². The number of halogens is 3. The van der Waals surface area contributed by atoms with Crippen LogP contribution in [0.25, 0.3) is 0 Å². The van der Waals surface area contributed by atoms with E-state index in [9.17, 15) is 4.79 Å². The summed E-state index contributed by atoms with van der Waals surface area (Å²) in [7, 11) is 1.57. The summed E-state index contributed by atoms with van der Waals surface area (Å²) in [5, 5.41) is 0.767. The number of methoxy groups -OCH3 is 1. The second-order valence-corrected chi connectivity index (χ2v) is 5.82. The van der Waals surface area contributed by atoms with Crippen molar-refractivity contribution in [1.29, 1.82) is 0 Å². The standard InChI is InChI=1S/C14H9Cl2IO3/c1-19-13-4-2-8(6-11(13)17)14(18)20-12-5-3-9(15)7-10(12)16/h2-7H,1H3. The molecule has 0 N–H and O–H groups in total. The van der Waals surface area contributed by atoms with Gasteiger partial charge in [0.05, 0.1) is 21.3 Å². The molecule has 104 valence electrons. The van der Waals surface area contributed by atoms with Crippen LogP contribution < -0.4 is 9.47 Å². The highest BCUT2D eigenvalue weighted by Crippen LogP contribution is 2.29. The minimum atomic E-state index is -0.491. The highest BCUT2D eigenvalue weighted by molar-refractivity contribution is 14.1. The van der Waals surface area contributed by atoms with Gasteiger partial charge in [0.2, 0.25) is 0 Å². The molecule has 0 heterocycles. The van der Waals surface area contributed by atoms with Gasteiger partial charge in [-0.1, -0.05) is 23.2 Å². The fourth-order valence-electron chi connectivity index (χ4n) is 1.51. The first kappa shape index (κ1) is 15.4. The fraction of sp³-hybridized carbons (Fsp3) is 0.0714. The van der Waals surface area contributed by atoms with Crippen LogP contribution in [0.2, 0.25) is 10.0 Å². The van der Waals surface area contributed by atoms with Crippen LogP contribution in [0.15, 0.2) is 36.4 Å². The maximum Gasteiger partial charge on any atom is 0.343 e. The second kappa shape index (κ2) is 6.65.